The first kappa shape index (κ1) is 23.4. The van der Waals surface area contributed by atoms with E-state index >= 15 is 0 Å². The molecule has 0 aliphatic carbocycles. The first-order valence-electron chi connectivity index (χ1n) is 12.0. The minimum atomic E-state index is -0.247. The monoisotopic (exact) mass is 479 g/mol. The predicted octanol–water partition coefficient (Wildman–Crippen LogP) is 4.62. The molecule has 1 aliphatic heterocycles. The van der Waals surface area contributed by atoms with Crippen molar-refractivity contribution in [3.63, 3.8) is 0 Å². The molecule has 1 fully saturated rings. The van der Waals surface area contributed by atoms with E-state index in [2.05, 4.69) is 57.0 Å². The third-order valence-electron chi connectivity index (χ3n) is 6.40. The molecule has 1 saturated heterocycles. The second kappa shape index (κ2) is 10.1. The van der Waals surface area contributed by atoms with Crippen LogP contribution in [0.5, 0.6) is 0 Å². The number of hydrogen-bond donors (Lipinski definition) is 2. The lowest BCUT2D eigenvalue weighted by Crippen LogP contribution is -2.44. The fraction of sp³-hybridized carbons (Fsp3) is 0.214. The molecule has 1 aliphatic rings. The Bertz CT molecular complexity index is 1410. The van der Waals surface area contributed by atoms with Crippen LogP contribution < -0.4 is 15.5 Å². The van der Waals surface area contributed by atoms with E-state index in [4.69, 9.17) is 4.98 Å². The highest BCUT2D eigenvalue weighted by Gasteiger charge is 2.15. The molecule has 0 spiro atoms. The van der Waals surface area contributed by atoms with Gasteiger partial charge in [0.25, 0.3) is 0 Å². The highest BCUT2D eigenvalue weighted by atomic mass is 16.1. The summed E-state index contributed by atoms with van der Waals surface area (Å²) in [6, 6.07) is 15.9. The maximum atomic E-state index is 11.8. The number of amides is 1. The van der Waals surface area contributed by atoms with Gasteiger partial charge in [-0.1, -0.05) is 30.8 Å². The molecule has 4 aromatic rings. The summed E-state index contributed by atoms with van der Waals surface area (Å²) in [5.74, 6) is 1.23. The van der Waals surface area contributed by atoms with Crippen molar-refractivity contribution in [2.45, 2.75) is 6.92 Å². The second-order valence-electron chi connectivity index (χ2n) is 8.98. The predicted molar refractivity (Wildman–Crippen MR) is 146 cm³/mol. The fourth-order valence-corrected chi connectivity index (χ4v) is 4.38. The number of nitrogens with zero attached hydrogens (tertiary/aromatic N) is 5. The number of carbonyl (C=O) groups is 1. The molecule has 8 nitrogen and oxygen atoms in total. The van der Waals surface area contributed by atoms with Crippen LogP contribution in [0.25, 0.3) is 22.0 Å². The molecule has 5 rings (SSSR count). The number of likely N-dealkylation sites (N-methyl/N-ethyl adjacent to an activating group) is 1. The molecule has 2 aromatic carbocycles. The van der Waals surface area contributed by atoms with Crippen molar-refractivity contribution in [2.24, 2.45) is 0 Å². The summed E-state index contributed by atoms with van der Waals surface area (Å²) in [6.07, 6.45) is 4.90. The number of aryl methyl sites for hydroxylation is 1. The number of pyridine rings is 1. The SMILES string of the molecule is C=CC(=O)Nc1cccc(-c2c(C)ccc3cnc(Nc4ccc(N5CCN(C)CC5)nc4)nc23)c1. The smallest absolute Gasteiger partial charge is 0.247 e. The molecule has 1 amide bonds. The summed E-state index contributed by atoms with van der Waals surface area (Å²) in [7, 11) is 2.14. The Morgan fingerprint density at radius 2 is 1.83 bits per heavy atom. The van der Waals surface area contributed by atoms with Gasteiger partial charge in [-0.2, -0.15) is 0 Å². The molecule has 182 valence electrons. The molecule has 0 atom stereocenters. The lowest BCUT2D eigenvalue weighted by molar-refractivity contribution is -0.111. The molecular weight excluding hydrogens is 450 g/mol. The van der Waals surface area contributed by atoms with Crippen molar-refractivity contribution in [1.29, 1.82) is 0 Å². The Labute approximate surface area is 210 Å². The van der Waals surface area contributed by atoms with E-state index in [9.17, 15) is 4.79 Å². The molecular formula is C28H29N7O. The summed E-state index contributed by atoms with van der Waals surface area (Å²) in [5, 5.41) is 7.06. The van der Waals surface area contributed by atoms with Gasteiger partial charge < -0.3 is 20.4 Å². The Balaban J connectivity index is 1.43. The van der Waals surface area contributed by atoms with Gasteiger partial charge in [-0.3, -0.25) is 4.79 Å². The number of fused-ring (bicyclic) bond motifs is 1. The quantitative estimate of drug-likeness (QED) is 0.390. The summed E-state index contributed by atoms with van der Waals surface area (Å²) < 4.78 is 0. The topological polar surface area (TPSA) is 86.3 Å². The Morgan fingerprint density at radius 3 is 2.58 bits per heavy atom. The van der Waals surface area contributed by atoms with Crippen LogP contribution in [0, 0.1) is 6.92 Å². The Kier molecular flexibility index (Phi) is 6.60. The number of piperazine rings is 1. The van der Waals surface area contributed by atoms with E-state index in [0.29, 0.717) is 11.6 Å². The number of anilines is 4. The lowest BCUT2D eigenvalue weighted by Gasteiger charge is -2.33. The molecule has 3 heterocycles. The first-order valence-corrected chi connectivity index (χ1v) is 12.0. The molecule has 0 saturated carbocycles. The third-order valence-corrected chi connectivity index (χ3v) is 6.40. The van der Waals surface area contributed by atoms with Crippen LogP contribution >= 0.6 is 0 Å². The molecule has 2 aromatic heterocycles. The van der Waals surface area contributed by atoms with Crippen molar-refractivity contribution >= 4 is 40.0 Å². The summed E-state index contributed by atoms with van der Waals surface area (Å²) in [4.78, 5) is 30.5. The maximum Gasteiger partial charge on any atom is 0.247 e. The van der Waals surface area contributed by atoms with Crippen LogP contribution in [0.3, 0.4) is 0 Å². The van der Waals surface area contributed by atoms with Crippen LogP contribution in [-0.2, 0) is 4.79 Å². The van der Waals surface area contributed by atoms with E-state index < -0.39 is 0 Å². The van der Waals surface area contributed by atoms with Crippen LogP contribution in [-0.4, -0.2) is 59.0 Å². The second-order valence-corrected chi connectivity index (χ2v) is 8.98. The zero-order valence-corrected chi connectivity index (χ0v) is 20.5. The van der Waals surface area contributed by atoms with Crippen LogP contribution in [0.15, 0.2) is 73.6 Å². The van der Waals surface area contributed by atoms with Gasteiger partial charge in [-0.25, -0.2) is 15.0 Å². The van der Waals surface area contributed by atoms with Gasteiger partial charge >= 0.3 is 0 Å². The Hall–Kier alpha value is -4.30. The van der Waals surface area contributed by atoms with Gasteiger partial charge in [0.05, 0.1) is 17.4 Å². The van der Waals surface area contributed by atoms with Gasteiger partial charge in [0.15, 0.2) is 0 Å². The molecule has 8 heteroatoms. The number of carbonyl (C=O) groups excluding carboxylic acids is 1. The minimum Gasteiger partial charge on any atom is -0.354 e. The van der Waals surface area contributed by atoms with Gasteiger partial charge in [0, 0.05) is 49.0 Å². The number of hydrogen-bond acceptors (Lipinski definition) is 7. The zero-order chi connectivity index (χ0) is 25.1. The van der Waals surface area contributed by atoms with Gasteiger partial charge in [-0.15, -0.1) is 0 Å². The van der Waals surface area contributed by atoms with Gasteiger partial charge in [0.1, 0.15) is 5.82 Å². The lowest BCUT2D eigenvalue weighted by atomic mass is 9.97. The van der Waals surface area contributed by atoms with E-state index in [-0.39, 0.29) is 5.91 Å². The van der Waals surface area contributed by atoms with Gasteiger partial charge in [0.2, 0.25) is 11.9 Å². The zero-order valence-electron chi connectivity index (χ0n) is 20.5. The highest BCUT2D eigenvalue weighted by Crippen LogP contribution is 2.33. The summed E-state index contributed by atoms with van der Waals surface area (Å²) >= 11 is 0. The van der Waals surface area contributed by atoms with Gasteiger partial charge in [-0.05, 0) is 55.4 Å². The third kappa shape index (κ3) is 5.04. The van der Waals surface area contributed by atoms with Crippen LogP contribution in [0.4, 0.5) is 23.1 Å². The number of benzene rings is 2. The summed E-state index contributed by atoms with van der Waals surface area (Å²) in [5.41, 5.74) is 5.40. The average molecular weight is 480 g/mol. The molecule has 0 bridgehead atoms. The van der Waals surface area contributed by atoms with Crippen molar-refractivity contribution in [3.05, 3.63) is 79.1 Å². The Morgan fingerprint density at radius 1 is 1.00 bits per heavy atom. The van der Waals surface area contributed by atoms with E-state index in [1.54, 1.807) is 0 Å². The fourth-order valence-electron chi connectivity index (χ4n) is 4.38. The maximum absolute atomic E-state index is 11.8. The minimum absolute atomic E-state index is 0.247. The number of nitrogens with one attached hydrogen (secondary N) is 2. The first-order chi connectivity index (χ1) is 17.5. The largest absolute Gasteiger partial charge is 0.354 e. The molecule has 36 heavy (non-hydrogen) atoms. The number of rotatable bonds is 6. The molecule has 0 radical (unpaired) electrons. The van der Waals surface area contributed by atoms with Crippen molar-refractivity contribution in [3.8, 4) is 11.1 Å². The highest BCUT2D eigenvalue weighted by molar-refractivity contribution is 6.00. The van der Waals surface area contributed by atoms with Crippen molar-refractivity contribution in [1.82, 2.24) is 19.9 Å². The van der Waals surface area contributed by atoms with Crippen LogP contribution in [0.1, 0.15) is 5.56 Å². The molecule has 0 unspecified atom stereocenters. The van der Waals surface area contributed by atoms with E-state index in [1.165, 1.54) is 6.08 Å². The average Bonchev–Trinajstić information content (AvgIpc) is 2.89. The van der Waals surface area contributed by atoms with Crippen LogP contribution in [0.2, 0.25) is 0 Å². The van der Waals surface area contributed by atoms with Crippen molar-refractivity contribution < 1.29 is 4.79 Å². The van der Waals surface area contributed by atoms with Crippen molar-refractivity contribution in [2.75, 3.05) is 48.8 Å². The molecule has 2 N–H and O–H groups in total. The number of aromatic nitrogens is 3. The van der Waals surface area contributed by atoms with E-state index in [1.807, 2.05) is 54.9 Å². The standard InChI is InChI=1S/C28H29N7O/c1-4-25(36)31-22-7-5-6-20(16-22)26-19(2)8-9-21-17-30-28(33-27(21)26)32-23-10-11-24(29-18-23)35-14-12-34(3)13-15-35/h4-11,16-18H,1,12-15H2,2-3H3,(H,31,36)(H,30,32,33). The van der Waals surface area contributed by atoms with E-state index in [0.717, 1.165) is 65.3 Å². The normalized spacial score (nSPS) is 14.0. The summed E-state index contributed by atoms with van der Waals surface area (Å²) in [6.45, 7) is 9.61.